The van der Waals surface area contributed by atoms with Gasteiger partial charge in [0.15, 0.2) is 5.78 Å². The van der Waals surface area contributed by atoms with Crippen LogP contribution in [0.2, 0.25) is 0 Å². The van der Waals surface area contributed by atoms with Crippen molar-refractivity contribution in [2.24, 2.45) is 0 Å². The fraction of sp³-hybridized carbons (Fsp3) is 0.571. The van der Waals surface area contributed by atoms with Crippen molar-refractivity contribution in [2.45, 2.75) is 39.0 Å². The molecule has 0 amide bonds. The predicted octanol–water partition coefficient (Wildman–Crippen LogP) is 1.94. The molecule has 0 aromatic carbocycles. The number of nitrogens with zero attached hydrogens (tertiary/aromatic N) is 3. The molecule has 0 atom stereocenters. The van der Waals surface area contributed by atoms with Crippen LogP contribution in [0, 0.1) is 6.92 Å². The van der Waals surface area contributed by atoms with Crippen molar-refractivity contribution < 1.29 is 9.59 Å². The Hall–Kier alpha value is -1.78. The second-order valence-corrected chi connectivity index (χ2v) is 4.83. The van der Waals surface area contributed by atoms with E-state index in [0.717, 1.165) is 44.5 Å². The molecule has 1 aromatic rings. The quantitative estimate of drug-likeness (QED) is 0.578. The molecule has 19 heavy (non-hydrogen) atoms. The van der Waals surface area contributed by atoms with E-state index in [1.165, 1.54) is 0 Å². The SMILES string of the molecule is Cc1ncc2c(n1)N(CCCCCC=O)CCC2=O. The maximum Gasteiger partial charge on any atom is 0.169 e. The summed E-state index contributed by atoms with van der Waals surface area (Å²) >= 11 is 0. The number of anilines is 1. The lowest BCUT2D eigenvalue weighted by molar-refractivity contribution is -0.107. The molecule has 5 nitrogen and oxygen atoms in total. The number of carbonyl (C=O) groups is 2. The van der Waals surface area contributed by atoms with Crippen molar-refractivity contribution in [3.8, 4) is 0 Å². The highest BCUT2D eigenvalue weighted by molar-refractivity contribution is 6.02. The molecule has 2 rings (SSSR count). The Morgan fingerprint density at radius 1 is 1.37 bits per heavy atom. The number of hydrogen-bond donors (Lipinski definition) is 0. The topological polar surface area (TPSA) is 63.2 Å². The van der Waals surface area contributed by atoms with Gasteiger partial charge < -0.3 is 9.69 Å². The molecule has 1 aliphatic heterocycles. The van der Waals surface area contributed by atoms with Crippen molar-refractivity contribution in [3.05, 3.63) is 17.6 Å². The highest BCUT2D eigenvalue weighted by Gasteiger charge is 2.24. The summed E-state index contributed by atoms with van der Waals surface area (Å²) in [6, 6.07) is 0. The minimum Gasteiger partial charge on any atom is -0.355 e. The molecular weight excluding hydrogens is 242 g/mol. The number of Topliss-reactive ketones (excluding diaryl/α,β-unsaturated/α-hetero) is 1. The molecule has 0 saturated heterocycles. The summed E-state index contributed by atoms with van der Waals surface area (Å²) < 4.78 is 0. The second-order valence-electron chi connectivity index (χ2n) is 4.83. The molecule has 0 unspecified atom stereocenters. The summed E-state index contributed by atoms with van der Waals surface area (Å²) in [7, 11) is 0. The molecule has 1 aliphatic rings. The van der Waals surface area contributed by atoms with Crippen molar-refractivity contribution in [2.75, 3.05) is 18.0 Å². The number of unbranched alkanes of at least 4 members (excludes halogenated alkanes) is 3. The highest BCUT2D eigenvalue weighted by Crippen LogP contribution is 2.24. The van der Waals surface area contributed by atoms with Gasteiger partial charge in [0.25, 0.3) is 0 Å². The monoisotopic (exact) mass is 261 g/mol. The molecule has 0 radical (unpaired) electrons. The summed E-state index contributed by atoms with van der Waals surface area (Å²) in [5.74, 6) is 1.60. The molecule has 0 N–H and O–H groups in total. The molecule has 102 valence electrons. The van der Waals surface area contributed by atoms with Gasteiger partial charge in [0.1, 0.15) is 17.9 Å². The van der Waals surface area contributed by atoms with Crippen LogP contribution in [0.25, 0.3) is 0 Å². The average Bonchev–Trinajstić information content (AvgIpc) is 2.41. The Morgan fingerprint density at radius 3 is 3.00 bits per heavy atom. The van der Waals surface area contributed by atoms with Crippen LogP contribution in [0.1, 0.15) is 48.3 Å². The van der Waals surface area contributed by atoms with Crippen LogP contribution < -0.4 is 4.90 Å². The number of aromatic nitrogens is 2. The first-order chi connectivity index (χ1) is 9.22. The number of carbonyl (C=O) groups excluding carboxylic acids is 2. The third-order valence-electron chi connectivity index (χ3n) is 3.35. The summed E-state index contributed by atoms with van der Waals surface area (Å²) in [5.41, 5.74) is 0.643. The van der Waals surface area contributed by atoms with Crippen LogP contribution in [0.15, 0.2) is 6.20 Å². The Kier molecular flexibility index (Phi) is 4.60. The Balaban J connectivity index is 1.99. The Labute approximate surface area is 113 Å². The lowest BCUT2D eigenvalue weighted by atomic mass is 10.1. The molecular formula is C14H19N3O2. The molecule has 2 heterocycles. The highest BCUT2D eigenvalue weighted by atomic mass is 16.1. The van der Waals surface area contributed by atoms with Crippen LogP contribution in [0.4, 0.5) is 5.82 Å². The van der Waals surface area contributed by atoms with E-state index in [2.05, 4.69) is 14.9 Å². The van der Waals surface area contributed by atoms with Gasteiger partial charge in [-0.1, -0.05) is 6.42 Å². The van der Waals surface area contributed by atoms with Gasteiger partial charge in [0.05, 0.1) is 5.56 Å². The second kappa shape index (κ2) is 6.41. The standard InChI is InChI=1S/C14H19N3O2/c1-11-15-10-12-13(19)6-8-17(14(12)16-11)7-4-2-3-5-9-18/h9-10H,2-8H2,1H3. The number of fused-ring (bicyclic) bond motifs is 1. The summed E-state index contributed by atoms with van der Waals surface area (Å²) in [6.07, 6.45) is 6.76. The van der Waals surface area contributed by atoms with E-state index < -0.39 is 0 Å². The van der Waals surface area contributed by atoms with Gasteiger partial charge in [-0.25, -0.2) is 9.97 Å². The van der Waals surface area contributed by atoms with Gasteiger partial charge in [-0.15, -0.1) is 0 Å². The zero-order valence-electron chi connectivity index (χ0n) is 11.3. The molecule has 0 saturated carbocycles. The molecule has 0 fully saturated rings. The Bertz CT molecular complexity index is 474. The average molecular weight is 261 g/mol. The van der Waals surface area contributed by atoms with Gasteiger partial charge in [-0.2, -0.15) is 0 Å². The third-order valence-corrected chi connectivity index (χ3v) is 3.35. The zero-order valence-corrected chi connectivity index (χ0v) is 11.3. The fourth-order valence-electron chi connectivity index (χ4n) is 2.30. The molecule has 5 heteroatoms. The fourth-order valence-corrected chi connectivity index (χ4v) is 2.30. The van der Waals surface area contributed by atoms with E-state index in [1.54, 1.807) is 6.20 Å². The third kappa shape index (κ3) is 3.36. The van der Waals surface area contributed by atoms with E-state index in [0.29, 0.717) is 24.2 Å². The number of aryl methyl sites for hydroxylation is 1. The first-order valence-electron chi connectivity index (χ1n) is 6.78. The van der Waals surface area contributed by atoms with E-state index >= 15 is 0 Å². The van der Waals surface area contributed by atoms with Crippen molar-refractivity contribution in [1.29, 1.82) is 0 Å². The number of rotatable bonds is 6. The number of hydrogen-bond acceptors (Lipinski definition) is 5. The first kappa shape index (κ1) is 13.6. The normalized spacial score (nSPS) is 14.4. The maximum absolute atomic E-state index is 11.8. The van der Waals surface area contributed by atoms with Crippen molar-refractivity contribution in [3.63, 3.8) is 0 Å². The number of aldehydes is 1. The minimum absolute atomic E-state index is 0.132. The predicted molar refractivity (Wildman–Crippen MR) is 72.5 cm³/mol. The lowest BCUT2D eigenvalue weighted by Gasteiger charge is -2.29. The van der Waals surface area contributed by atoms with E-state index in [9.17, 15) is 9.59 Å². The molecule has 1 aromatic heterocycles. The van der Waals surface area contributed by atoms with Crippen molar-refractivity contribution >= 4 is 17.9 Å². The van der Waals surface area contributed by atoms with Gasteiger partial charge in [-0.3, -0.25) is 4.79 Å². The molecule has 0 bridgehead atoms. The van der Waals surface area contributed by atoms with Gasteiger partial charge in [-0.05, 0) is 19.8 Å². The molecule has 0 spiro atoms. The van der Waals surface area contributed by atoms with E-state index in [-0.39, 0.29) is 5.78 Å². The number of ketones is 1. The van der Waals surface area contributed by atoms with E-state index in [1.807, 2.05) is 6.92 Å². The minimum atomic E-state index is 0.132. The smallest absolute Gasteiger partial charge is 0.169 e. The first-order valence-corrected chi connectivity index (χ1v) is 6.78. The van der Waals surface area contributed by atoms with Crippen LogP contribution >= 0.6 is 0 Å². The summed E-state index contributed by atoms with van der Waals surface area (Å²) in [5, 5.41) is 0. The van der Waals surface area contributed by atoms with Crippen LogP contribution in [0.5, 0.6) is 0 Å². The van der Waals surface area contributed by atoms with Gasteiger partial charge in [0, 0.05) is 32.1 Å². The van der Waals surface area contributed by atoms with Crippen LogP contribution in [-0.4, -0.2) is 35.1 Å². The maximum atomic E-state index is 11.8. The molecule has 0 aliphatic carbocycles. The largest absolute Gasteiger partial charge is 0.355 e. The summed E-state index contributed by atoms with van der Waals surface area (Å²) in [6.45, 7) is 3.45. The summed E-state index contributed by atoms with van der Waals surface area (Å²) in [4.78, 5) is 32.7. The Morgan fingerprint density at radius 2 is 2.21 bits per heavy atom. The van der Waals surface area contributed by atoms with Crippen molar-refractivity contribution in [1.82, 2.24) is 9.97 Å². The van der Waals surface area contributed by atoms with E-state index in [4.69, 9.17) is 0 Å². The van der Waals surface area contributed by atoms with Crippen LogP contribution in [0.3, 0.4) is 0 Å². The lowest BCUT2D eigenvalue weighted by Crippen LogP contribution is -2.34. The van der Waals surface area contributed by atoms with Gasteiger partial charge >= 0.3 is 0 Å². The van der Waals surface area contributed by atoms with Crippen LogP contribution in [-0.2, 0) is 4.79 Å². The zero-order chi connectivity index (χ0) is 13.7. The van der Waals surface area contributed by atoms with Gasteiger partial charge in [0.2, 0.25) is 0 Å².